The van der Waals surface area contributed by atoms with E-state index in [2.05, 4.69) is 16.1 Å². The lowest BCUT2D eigenvalue weighted by Gasteiger charge is -2.33. The number of carbonyl (C=O) groups excluding carboxylic acids is 1. The number of aromatic nitrogens is 2. The van der Waals surface area contributed by atoms with Crippen LogP contribution in [0.5, 0.6) is 0 Å². The van der Waals surface area contributed by atoms with Crippen LogP contribution in [0, 0.1) is 29.4 Å². The van der Waals surface area contributed by atoms with Gasteiger partial charge in [-0.1, -0.05) is 5.92 Å². The van der Waals surface area contributed by atoms with Crippen LogP contribution in [0.3, 0.4) is 0 Å². The zero-order valence-corrected chi connectivity index (χ0v) is 11.1. The van der Waals surface area contributed by atoms with Crippen LogP contribution in [0.25, 0.3) is 0 Å². The fourth-order valence-electron chi connectivity index (χ4n) is 2.18. The van der Waals surface area contributed by atoms with Gasteiger partial charge in [-0.15, -0.1) is 6.42 Å². The zero-order chi connectivity index (χ0) is 14.7. The van der Waals surface area contributed by atoms with Crippen molar-refractivity contribution < 1.29 is 9.72 Å². The molecule has 0 aromatic carbocycles. The van der Waals surface area contributed by atoms with Crippen molar-refractivity contribution in [2.75, 3.05) is 32.7 Å². The third-order valence-corrected chi connectivity index (χ3v) is 3.27. The van der Waals surface area contributed by atoms with Gasteiger partial charge >= 0.3 is 5.69 Å². The number of hydrogen-bond acceptors (Lipinski definition) is 5. The summed E-state index contributed by atoms with van der Waals surface area (Å²) in [5, 5.41) is 17.2. The molecule has 0 aliphatic carbocycles. The lowest BCUT2D eigenvalue weighted by Crippen LogP contribution is -2.48. The van der Waals surface area contributed by atoms with Gasteiger partial charge in [-0.05, 0) is 6.92 Å². The topological polar surface area (TPSA) is 95.4 Å². The standard InChI is InChI=1S/C12H15N5O3/c1-3-4-15-5-7-16(8-6-15)12(18)10-11(17(19)20)9(2)13-14-10/h1H,4-8H2,2H3,(H,13,14). The molecule has 1 saturated heterocycles. The van der Waals surface area contributed by atoms with Gasteiger partial charge in [0.25, 0.3) is 5.91 Å². The Morgan fingerprint density at radius 2 is 2.15 bits per heavy atom. The Kier molecular flexibility index (Phi) is 4.00. The number of nitrogens with one attached hydrogen (secondary N) is 1. The predicted molar refractivity (Wildman–Crippen MR) is 71.2 cm³/mol. The fraction of sp³-hybridized carbons (Fsp3) is 0.500. The highest BCUT2D eigenvalue weighted by Gasteiger charge is 2.31. The molecule has 1 N–H and O–H groups in total. The minimum atomic E-state index is -0.583. The van der Waals surface area contributed by atoms with Crippen molar-refractivity contribution in [2.24, 2.45) is 0 Å². The Labute approximate surface area is 115 Å². The van der Waals surface area contributed by atoms with Crippen molar-refractivity contribution in [1.29, 1.82) is 0 Å². The Balaban J connectivity index is 2.10. The van der Waals surface area contributed by atoms with Crippen LogP contribution in [0.2, 0.25) is 0 Å². The average Bonchev–Trinajstić information content (AvgIpc) is 2.81. The number of aryl methyl sites for hydroxylation is 1. The monoisotopic (exact) mass is 277 g/mol. The Hall–Kier alpha value is -2.40. The van der Waals surface area contributed by atoms with Crippen LogP contribution in [0.15, 0.2) is 0 Å². The number of nitro groups is 1. The van der Waals surface area contributed by atoms with Crippen molar-refractivity contribution in [1.82, 2.24) is 20.0 Å². The van der Waals surface area contributed by atoms with Crippen molar-refractivity contribution >= 4 is 11.6 Å². The maximum atomic E-state index is 12.3. The van der Waals surface area contributed by atoms with E-state index in [1.165, 1.54) is 6.92 Å². The SMILES string of the molecule is C#CCN1CCN(C(=O)c2n[nH]c(C)c2[N+](=O)[O-])CC1. The highest BCUT2D eigenvalue weighted by Crippen LogP contribution is 2.22. The van der Waals surface area contributed by atoms with E-state index in [0.29, 0.717) is 32.7 Å². The summed E-state index contributed by atoms with van der Waals surface area (Å²) in [6, 6.07) is 0. The van der Waals surface area contributed by atoms with E-state index in [4.69, 9.17) is 6.42 Å². The van der Waals surface area contributed by atoms with Crippen LogP contribution < -0.4 is 0 Å². The van der Waals surface area contributed by atoms with Crippen LogP contribution in [-0.4, -0.2) is 63.6 Å². The first-order valence-electron chi connectivity index (χ1n) is 6.19. The predicted octanol–water partition coefficient (Wildman–Crippen LogP) is 0.0173. The summed E-state index contributed by atoms with van der Waals surface area (Å²) < 4.78 is 0. The van der Waals surface area contributed by atoms with Crippen LogP contribution in [0.4, 0.5) is 5.69 Å². The molecular formula is C12H15N5O3. The second-order valence-electron chi connectivity index (χ2n) is 4.58. The number of H-pyrrole nitrogens is 1. The molecule has 8 nitrogen and oxygen atoms in total. The summed E-state index contributed by atoms with van der Waals surface area (Å²) >= 11 is 0. The summed E-state index contributed by atoms with van der Waals surface area (Å²) in [4.78, 5) is 26.3. The molecule has 20 heavy (non-hydrogen) atoms. The largest absolute Gasteiger partial charge is 0.334 e. The van der Waals surface area contributed by atoms with Crippen LogP contribution in [-0.2, 0) is 0 Å². The van der Waals surface area contributed by atoms with E-state index in [1.807, 2.05) is 4.90 Å². The van der Waals surface area contributed by atoms with E-state index in [-0.39, 0.29) is 17.1 Å². The highest BCUT2D eigenvalue weighted by atomic mass is 16.6. The normalized spacial score (nSPS) is 15.9. The Morgan fingerprint density at radius 3 is 2.70 bits per heavy atom. The number of aromatic amines is 1. The number of nitrogens with zero attached hydrogens (tertiary/aromatic N) is 4. The van der Waals surface area contributed by atoms with Gasteiger partial charge in [0, 0.05) is 26.2 Å². The van der Waals surface area contributed by atoms with Gasteiger partial charge in [0.05, 0.1) is 11.5 Å². The molecule has 1 fully saturated rings. The van der Waals surface area contributed by atoms with Gasteiger partial charge < -0.3 is 4.90 Å². The maximum absolute atomic E-state index is 12.3. The average molecular weight is 277 g/mol. The van der Waals surface area contributed by atoms with Gasteiger partial charge in [-0.3, -0.25) is 24.9 Å². The highest BCUT2D eigenvalue weighted by molar-refractivity contribution is 5.96. The molecule has 0 unspecified atom stereocenters. The molecular weight excluding hydrogens is 262 g/mol. The number of amides is 1. The first-order chi connectivity index (χ1) is 9.54. The molecule has 0 radical (unpaired) electrons. The van der Waals surface area contributed by atoms with E-state index >= 15 is 0 Å². The molecule has 1 aliphatic heterocycles. The first kappa shape index (κ1) is 14.0. The van der Waals surface area contributed by atoms with Crippen molar-refractivity contribution in [3.8, 4) is 12.3 Å². The lowest BCUT2D eigenvalue weighted by atomic mass is 10.2. The van der Waals surface area contributed by atoms with E-state index in [9.17, 15) is 14.9 Å². The number of piperazine rings is 1. The molecule has 8 heteroatoms. The zero-order valence-electron chi connectivity index (χ0n) is 11.1. The van der Waals surface area contributed by atoms with Gasteiger partial charge in [-0.2, -0.15) is 5.10 Å². The first-order valence-corrected chi connectivity index (χ1v) is 6.19. The molecule has 0 spiro atoms. The maximum Gasteiger partial charge on any atom is 0.322 e. The summed E-state index contributed by atoms with van der Waals surface area (Å²) in [6.07, 6.45) is 5.24. The Morgan fingerprint density at radius 1 is 1.50 bits per heavy atom. The van der Waals surface area contributed by atoms with E-state index in [1.54, 1.807) is 4.90 Å². The van der Waals surface area contributed by atoms with E-state index < -0.39 is 10.8 Å². The number of carbonyl (C=O) groups is 1. The molecule has 1 aliphatic rings. The van der Waals surface area contributed by atoms with Gasteiger partial charge in [0.2, 0.25) is 5.69 Å². The second-order valence-corrected chi connectivity index (χ2v) is 4.58. The second kappa shape index (κ2) is 5.71. The summed E-state index contributed by atoms with van der Waals surface area (Å²) in [6.45, 7) is 4.36. The molecule has 1 aromatic rings. The Bertz CT molecular complexity index is 566. The van der Waals surface area contributed by atoms with E-state index in [0.717, 1.165) is 0 Å². The molecule has 0 saturated carbocycles. The third kappa shape index (κ3) is 2.62. The number of terminal acetylenes is 1. The minimum absolute atomic E-state index is 0.127. The molecule has 0 bridgehead atoms. The summed E-state index contributed by atoms with van der Waals surface area (Å²) in [5.41, 5.74) is -0.0942. The molecule has 0 atom stereocenters. The molecule has 1 aromatic heterocycles. The fourth-order valence-corrected chi connectivity index (χ4v) is 2.18. The minimum Gasteiger partial charge on any atom is -0.334 e. The molecule has 1 amide bonds. The van der Waals surface area contributed by atoms with Crippen LogP contribution >= 0.6 is 0 Å². The molecule has 106 valence electrons. The van der Waals surface area contributed by atoms with Gasteiger partial charge in [0.1, 0.15) is 5.69 Å². The van der Waals surface area contributed by atoms with Crippen molar-refractivity contribution in [2.45, 2.75) is 6.92 Å². The summed E-state index contributed by atoms with van der Waals surface area (Å²) in [5.74, 6) is 2.14. The number of rotatable bonds is 3. The lowest BCUT2D eigenvalue weighted by molar-refractivity contribution is -0.385. The van der Waals surface area contributed by atoms with Gasteiger partial charge in [0.15, 0.2) is 0 Å². The number of hydrogen-bond donors (Lipinski definition) is 1. The van der Waals surface area contributed by atoms with Crippen molar-refractivity contribution in [3.05, 3.63) is 21.5 Å². The molecule has 2 rings (SSSR count). The van der Waals surface area contributed by atoms with Crippen LogP contribution in [0.1, 0.15) is 16.2 Å². The van der Waals surface area contributed by atoms with Crippen molar-refractivity contribution in [3.63, 3.8) is 0 Å². The smallest absolute Gasteiger partial charge is 0.322 e. The van der Waals surface area contributed by atoms with Gasteiger partial charge in [-0.25, -0.2) is 0 Å². The summed E-state index contributed by atoms with van der Waals surface area (Å²) in [7, 11) is 0. The quantitative estimate of drug-likeness (QED) is 0.477. The molecule has 2 heterocycles. The third-order valence-electron chi connectivity index (χ3n) is 3.27.